The average Bonchev–Trinajstić information content (AvgIpc) is 3.17. The van der Waals surface area contributed by atoms with Gasteiger partial charge in [-0.2, -0.15) is 18.3 Å². The molecule has 2 heterocycles. The minimum Gasteiger partial charge on any atom is -0.384 e. The highest BCUT2D eigenvalue weighted by atomic mass is 19.4. The molecule has 164 valence electrons. The summed E-state index contributed by atoms with van der Waals surface area (Å²) in [4.78, 5) is 14.9. The standard InChI is InChI=1S/C22H29F3N4O/c1-15-17(6-5-7-18(15)26-14-21(2,3)4)20(30)28-11-8-16(9-12-28)29-13-10-19(27-29)22(23,24)25/h5-7,10,13,16,26H,8-9,11-12,14H2,1-4H3. The van der Waals surface area contributed by atoms with Crippen molar-refractivity contribution >= 4 is 11.6 Å². The van der Waals surface area contributed by atoms with E-state index in [0.29, 0.717) is 31.5 Å². The molecule has 0 spiro atoms. The van der Waals surface area contributed by atoms with Gasteiger partial charge in [-0.3, -0.25) is 9.48 Å². The summed E-state index contributed by atoms with van der Waals surface area (Å²) in [6, 6.07) is 6.54. The minimum atomic E-state index is -4.44. The zero-order valence-corrected chi connectivity index (χ0v) is 17.9. The summed E-state index contributed by atoms with van der Waals surface area (Å²) >= 11 is 0. The number of aromatic nitrogens is 2. The topological polar surface area (TPSA) is 50.2 Å². The Morgan fingerprint density at radius 2 is 1.83 bits per heavy atom. The van der Waals surface area contributed by atoms with Crippen LogP contribution in [0.25, 0.3) is 0 Å². The van der Waals surface area contributed by atoms with E-state index in [-0.39, 0.29) is 17.4 Å². The van der Waals surface area contributed by atoms with Gasteiger partial charge in [0.1, 0.15) is 0 Å². The van der Waals surface area contributed by atoms with Gasteiger partial charge in [0.25, 0.3) is 5.91 Å². The van der Waals surface area contributed by atoms with Crippen molar-refractivity contribution in [3.8, 4) is 0 Å². The number of rotatable bonds is 4. The van der Waals surface area contributed by atoms with Crippen molar-refractivity contribution in [2.24, 2.45) is 5.41 Å². The van der Waals surface area contributed by atoms with Crippen molar-refractivity contribution in [3.05, 3.63) is 47.3 Å². The summed E-state index contributed by atoms with van der Waals surface area (Å²) in [6.45, 7) is 10.1. The van der Waals surface area contributed by atoms with Crippen LogP contribution in [0.15, 0.2) is 30.5 Å². The molecule has 1 N–H and O–H groups in total. The van der Waals surface area contributed by atoms with Gasteiger partial charge >= 0.3 is 6.18 Å². The average molecular weight is 422 g/mol. The number of alkyl halides is 3. The number of halogens is 3. The lowest BCUT2D eigenvalue weighted by Crippen LogP contribution is -2.39. The van der Waals surface area contributed by atoms with Gasteiger partial charge in [0.2, 0.25) is 0 Å². The van der Waals surface area contributed by atoms with Crippen LogP contribution in [0, 0.1) is 12.3 Å². The van der Waals surface area contributed by atoms with Crippen molar-refractivity contribution in [1.29, 1.82) is 0 Å². The van der Waals surface area contributed by atoms with Crippen LogP contribution in [-0.2, 0) is 6.18 Å². The summed E-state index contributed by atoms with van der Waals surface area (Å²) in [7, 11) is 0. The van der Waals surface area contributed by atoms with Crippen molar-refractivity contribution in [2.45, 2.75) is 52.8 Å². The van der Waals surface area contributed by atoms with Crippen molar-refractivity contribution in [3.63, 3.8) is 0 Å². The number of hydrogen-bond acceptors (Lipinski definition) is 3. The summed E-state index contributed by atoms with van der Waals surface area (Å²) < 4.78 is 39.7. The Hall–Kier alpha value is -2.51. The second kappa shape index (κ2) is 8.32. The molecule has 1 saturated heterocycles. The second-order valence-electron chi connectivity index (χ2n) is 9.09. The van der Waals surface area contributed by atoms with E-state index >= 15 is 0 Å². The Morgan fingerprint density at radius 1 is 1.17 bits per heavy atom. The summed E-state index contributed by atoms with van der Waals surface area (Å²) in [6.07, 6.45) is -1.91. The lowest BCUT2D eigenvalue weighted by molar-refractivity contribution is -0.141. The third kappa shape index (κ3) is 5.15. The number of benzene rings is 1. The summed E-state index contributed by atoms with van der Waals surface area (Å²) in [5.41, 5.74) is 1.76. The highest BCUT2D eigenvalue weighted by Crippen LogP contribution is 2.30. The number of likely N-dealkylation sites (tertiary alicyclic amines) is 1. The lowest BCUT2D eigenvalue weighted by atomic mass is 9.96. The number of carbonyl (C=O) groups excluding carboxylic acids is 1. The molecule has 2 aromatic rings. The molecule has 0 aliphatic carbocycles. The third-order valence-corrected chi connectivity index (χ3v) is 5.40. The largest absolute Gasteiger partial charge is 0.435 e. The van der Waals surface area contributed by atoms with E-state index in [2.05, 4.69) is 31.2 Å². The summed E-state index contributed by atoms with van der Waals surface area (Å²) in [5, 5.41) is 7.10. The number of carbonyl (C=O) groups is 1. The first-order valence-corrected chi connectivity index (χ1v) is 10.2. The zero-order valence-electron chi connectivity index (χ0n) is 17.9. The number of nitrogens with zero attached hydrogens (tertiary/aromatic N) is 3. The van der Waals surface area contributed by atoms with Crippen molar-refractivity contribution in [1.82, 2.24) is 14.7 Å². The van der Waals surface area contributed by atoms with E-state index in [4.69, 9.17) is 0 Å². The molecule has 0 radical (unpaired) electrons. The normalized spacial score (nSPS) is 16.0. The first-order valence-electron chi connectivity index (χ1n) is 10.2. The van der Waals surface area contributed by atoms with Gasteiger partial charge in [0.15, 0.2) is 5.69 Å². The Balaban J connectivity index is 1.65. The van der Waals surface area contributed by atoms with Gasteiger partial charge in [-0.15, -0.1) is 0 Å². The molecule has 5 nitrogen and oxygen atoms in total. The maximum absolute atomic E-state index is 13.1. The molecule has 0 bridgehead atoms. The van der Waals surface area contributed by atoms with Crippen LogP contribution in [0.1, 0.15) is 61.3 Å². The third-order valence-electron chi connectivity index (χ3n) is 5.40. The molecule has 0 atom stereocenters. The molecular formula is C22H29F3N4O. The molecule has 8 heteroatoms. The van der Waals surface area contributed by atoms with Gasteiger partial charge < -0.3 is 10.2 Å². The van der Waals surface area contributed by atoms with E-state index < -0.39 is 11.9 Å². The lowest BCUT2D eigenvalue weighted by Gasteiger charge is -2.32. The Bertz CT molecular complexity index is 891. The summed E-state index contributed by atoms with van der Waals surface area (Å²) in [5.74, 6) is -0.0400. The molecule has 30 heavy (non-hydrogen) atoms. The second-order valence-corrected chi connectivity index (χ2v) is 9.09. The molecule has 1 aliphatic rings. The molecular weight excluding hydrogens is 393 g/mol. The van der Waals surface area contributed by atoms with Crippen LogP contribution in [-0.4, -0.2) is 40.2 Å². The number of piperidine rings is 1. The number of anilines is 1. The fraction of sp³-hybridized carbons (Fsp3) is 0.545. The molecule has 0 unspecified atom stereocenters. The Morgan fingerprint density at radius 3 is 2.40 bits per heavy atom. The van der Waals surface area contributed by atoms with Crippen molar-refractivity contribution < 1.29 is 18.0 Å². The minimum absolute atomic E-state index is 0.0400. The first kappa shape index (κ1) is 22.2. The number of hydrogen-bond donors (Lipinski definition) is 1. The highest BCUT2D eigenvalue weighted by Gasteiger charge is 2.34. The van der Waals surface area contributed by atoms with Crippen molar-refractivity contribution in [2.75, 3.05) is 25.0 Å². The molecule has 3 rings (SSSR count). The van der Waals surface area contributed by atoms with Crippen LogP contribution in [0.4, 0.5) is 18.9 Å². The van der Waals surface area contributed by atoms with Gasteiger partial charge in [-0.25, -0.2) is 0 Å². The Kier molecular flexibility index (Phi) is 6.15. The van der Waals surface area contributed by atoms with Crippen LogP contribution >= 0.6 is 0 Å². The first-order chi connectivity index (χ1) is 14.0. The SMILES string of the molecule is Cc1c(NCC(C)(C)C)cccc1C(=O)N1CCC(n2ccc(C(F)(F)F)n2)CC1. The number of nitrogens with one attached hydrogen (secondary N) is 1. The zero-order chi connectivity index (χ0) is 22.1. The molecule has 1 fully saturated rings. The van der Waals surface area contributed by atoms with Gasteiger partial charge in [0.05, 0.1) is 6.04 Å². The number of amides is 1. The predicted octanol–water partition coefficient (Wildman–Crippen LogP) is 5.15. The highest BCUT2D eigenvalue weighted by molar-refractivity contribution is 5.97. The quantitative estimate of drug-likeness (QED) is 0.742. The Labute approximate surface area is 175 Å². The maximum atomic E-state index is 13.1. The molecule has 1 aromatic carbocycles. The fourth-order valence-electron chi connectivity index (χ4n) is 3.62. The van der Waals surface area contributed by atoms with E-state index in [9.17, 15) is 18.0 Å². The van der Waals surface area contributed by atoms with E-state index in [1.54, 1.807) is 4.90 Å². The van der Waals surface area contributed by atoms with E-state index in [0.717, 1.165) is 23.9 Å². The van der Waals surface area contributed by atoms with Gasteiger partial charge in [-0.05, 0) is 48.9 Å². The van der Waals surface area contributed by atoms with E-state index in [1.165, 1.54) is 10.9 Å². The smallest absolute Gasteiger partial charge is 0.384 e. The molecule has 1 aliphatic heterocycles. The van der Waals surface area contributed by atoms with E-state index in [1.807, 2.05) is 25.1 Å². The van der Waals surface area contributed by atoms with Crippen LogP contribution in [0.3, 0.4) is 0 Å². The predicted molar refractivity (Wildman–Crippen MR) is 111 cm³/mol. The van der Waals surface area contributed by atoms with Gasteiger partial charge in [0, 0.05) is 37.1 Å². The maximum Gasteiger partial charge on any atom is 0.435 e. The molecule has 0 saturated carbocycles. The van der Waals surface area contributed by atoms with Gasteiger partial charge in [-0.1, -0.05) is 26.8 Å². The fourth-order valence-corrected chi connectivity index (χ4v) is 3.62. The molecule has 1 aromatic heterocycles. The van der Waals surface area contributed by atoms with Crippen LogP contribution in [0.2, 0.25) is 0 Å². The van der Waals surface area contributed by atoms with Crippen LogP contribution in [0.5, 0.6) is 0 Å². The monoisotopic (exact) mass is 422 g/mol. The molecule has 1 amide bonds. The van der Waals surface area contributed by atoms with Crippen LogP contribution < -0.4 is 5.32 Å².